The van der Waals surface area contributed by atoms with Crippen LogP contribution in [0.2, 0.25) is 0 Å². The van der Waals surface area contributed by atoms with Crippen molar-refractivity contribution < 1.29 is 9.53 Å². The number of carbonyl (C=O) groups is 1. The second-order valence-corrected chi connectivity index (χ2v) is 8.04. The lowest BCUT2D eigenvalue weighted by molar-refractivity contribution is -0.145. The van der Waals surface area contributed by atoms with Crippen LogP contribution in [0.5, 0.6) is 0 Å². The van der Waals surface area contributed by atoms with E-state index in [0.29, 0.717) is 35.8 Å². The molecule has 8 heteroatoms. The number of hydrogen-bond acceptors (Lipinski definition) is 5. The molecule has 2 aromatic rings. The summed E-state index contributed by atoms with van der Waals surface area (Å²) in [6, 6.07) is 0. The minimum atomic E-state index is -0.403. The molecule has 2 aromatic heterocycles. The Bertz CT molecular complexity index is 986. The van der Waals surface area contributed by atoms with Crippen LogP contribution >= 0.6 is 0 Å². The number of aryl methyl sites for hydroxylation is 2. The van der Waals surface area contributed by atoms with Crippen molar-refractivity contribution in [1.29, 1.82) is 0 Å². The van der Waals surface area contributed by atoms with Crippen LogP contribution in [0.25, 0.3) is 11.2 Å². The van der Waals surface area contributed by atoms with Crippen molar-refractivity contribution in [2.24, 2.45) is 31.8 Å². The lowest BCUT2D eigenvalue weighted by Crippen LogP contribution is -2.39. The summed E-state index contributed by atoms with van der Waals surface area (Å²) in [5.74, 6) is 1.85. The zero-order valence-electron chi connectivity index (χ0n) is 15.9. The first-order chi connectivity index (χ1) is 13.0. The molecular formula is C19H26N4O4. The van der Waals surface area contributed by atoms with E-state index in [1.807, 2.05) is 0 Å². The van der Waals surface area contributed by atoms with E-state index in [9.17, 15) is 14.4 Å². The summed E-state index contributed by atoms with van der Waals surface area (Å²) in [6.45, 7) is 0.437. The van der Waals surface area contributed by atoms with Crippen molar-refractivity contribution in [1.82, 2.24) is 18.7 Å². The van der Waals surface area contributed by atoms with Crippen molar-refractivity contribution in [2.75, 3.05) is 6.61 Å². The number of ether oxygens (including phenoxy) is 1. The van der Waals surface area contributed by atoms with Crippen LogP contribution in [0.15, 0.2) is 15.9 Å². The third-order valence-corrected chi connectivity index (χ3v) is 6.30. The first kappa shape index (κ1) is 18.0. The predicted octanol–water partition coefficient (Wildman–Crippen LogP) is 1.19. The number of fused-ring (bicyclic) bond motifs is 3. The number of carbonyl (C=O) groups excluding carboxylic acids is 1. The van der Waals surface area contributed by atoms with E-state index in [1.54, 1.807) is 18.7 Å². The lowest BCUT2D eigenvalue weighted by atomic mass is 9.86. The number of esters is 1. The quantitative estimate of drug-likeness (QED) is 0.560. The van der Waals surface area contributed by atoms with E-state index in [2.05, 4.69) is 4.98 Å². The van der Waals surface area contributed by atoms with Gasteiger partial charge in [-0.1, -0.05) is 6.42 Å². The van der Waals surface area contributed by atoms with Gasteiger partial charge < -0.3 is 9.30 Å². The predicted molar refractivity (Wildman–Crippen MR) is 99.3 cm³/mol. The Labute approximate surface area is 156 Å². The number of rotatable bonds is 6. The van der Waals surface area contributed by atoms with E-state index >= 15 is 0 Å². The van der Waals surface area contributed by atoms with Gasteiger partial charge in [-0.15, -0.1) is 0 Å². The molecule has 0 spiro atoms. The lowest BCUT2D eigenvalue weighted by Gasteiger charge is -2.20. The molecule has 2 heterocycles. The molecule has 2 bridgehead atoms. The normalized spacial score (nSPS) is 24.0. The molecule has 3 unspecified atom stereocenters. The van der Waals surface area contributed by atoms with Gasteiger partial charge in [0, 0.05) is 27.1 Å². The van der Waals surface area contributed by atoms with Gasteiger partial charge in [0.05, 0.1) is 12.9 Å². The molecule has 2 aliphatic carbocycles. The molecule has 2 saturated carbocycles. The summed E-state index contributed by atoms with van der Waals surface area (Å²) in [7, 11) is 3.33. The monoisotopic (exact) mass is 374 g/mol. The van der Waals surface area contributed by atoms with E-state index in [-0.39, 0.29) is 24.7 Å². The highest BCUT2D eigenvalue weighted by Gasteiger charge is 2.40. The van der Waals surface area contributed by atoms with E-state index < -0.39 is 5.69 Å². The van der Waals surface area contributed by atoms with Crippen molar-refractivity contribution in [3.05, 3.63) is 27.2 Å². The highest BCUT2D eigenvalue weighted by atomic mass is 16.5. The Hall–Kier alpha value is -2.38. The number of hydrogen-bond donors (Lipinski definition) is 0. The maximum atomic E-state index is 12.6. The Kier molecular flexibility index (Phi) is 4.65. The number of nitrogens with zero attached hydrogens (tertiary/aromatic N) is 4. The van der Waals surface area contributed by atoms with Gasteiger partial charge >= 0.3 is 11.7 Å². The topological polar surface area (TPSA) is 88.1 Å². The summed E-state index contributed by atoms with van der Waals surface area (Å²) in [6.07, 6.45) is 7.47. The molecule has 27 heavy (non-hydrogen) atoms. The summed E-state index contributed by atoms with van der Waals surface area (Å²) >= 11 is 0. The first-order valence-electron chi connectivity index (χ1n) is 9.72. The average Bonchev–Trinajstić information content (AvgIpc) is 3.34. The molecule has 0 radical (unpaired) electrons. The van der Waals surface area contributed by atoms with Gasteiger partial charge in [-0.25, -0.2) is 9.78 Å². The smallest absolute Gasteiger partial charge is 0.332 e. The molecular weight excluding hydrogens is 348 g/mol. The molecule has 0 saturated heterocycles. The van der Waals surface area contributed by atoms with Crippen molar-refractivity contribution in [3.8, 4) is 0 Å². The van der Waals surface area contributed by atoms with Crippen molar-refractivity contribution >= 4 is 17.1 Å². The van der Waals surface area contributed by atoms with Crippen LogP contribution in [0.3, 0.4) is 0 Å². The minimum absolute atomic E-state index is 0.158. The molecule has 8 nitrogen and oxygen atoms in total. The third-order valence-electron chi connectivity index (χ3n) is 6.30. The maximum Gasteiger partial charge on any atom is 0.332 e. The van der Waals surface area contributed by atoms with E-state index in [1.165, 1.54) is 34.7 Å². The summed E-state index contributed by atoms with van der Waals surface area (Å²) in [5.41, 5.74) is 0.00679. The van der Waals surface area contributed by atoms with Crippen LogP contribution in [0, 0.1) is 17.8 Å². The highest BCUT2D eigenvalue weighted by Crippen LogP contribution is 2.49. The zero-order valence-corrected chi connectivity index (χ0v) is 15.9. The van der Waals surface area contributed by atoms with Crippen LogP contribution in [0.1, 0.15) is 38.5 Å². The second-order valence-electron chi connectivity index (χ2n) is 8.04. The Balaban J connectivity index is 1.34. The standard InChI is InChI=1S/C19H26N4O4/c1-21-11-20-17-16(21)18(25)23(19(26)22(17)2)6-3-7-27-15(24)10-14-9-12-4-5-13(14)8-12/h11-14H,3-10H2,1-2H3. The van der Waals surface area contributed by atoms with Gasteiger partial charge in [0.1, 0.15) is 0 Å². The maximum absolute atomic E-state index is 12.6. The first-order valence-corrected chi connectivity index (χ1v) is 9.72. The Morgan fingerprint density at radius 2 is 2.07 bits per heavy atom. The number of aromatic nitrogens is 4. The van der Waals surface area contributed by atoms with Gasteiger partial charge in [0.15, 0.2) is 11.2 Å². The molecule has 2 aliphatic rings. The van der Waals surface area contributed by atoms with Gasteiger partial charge in [0.25, 0.3) is 5.56 Å². The van der Waals surface area contributed by atoms with Crippen molar-refractivity contribution in [2.45, 2.75) is 45.1 Å². The summed E-state index contributed by atoms with van der Waals surface area (Å²) in [4.78, 5) is 41.2. The van der Waals surface area contributed by atoms with Gasteiger partial charge in [-0.2, -0.15) is 0 Å². The summed E-state index contributed by atoms with van der Waals surface area (Å²) < 4.78 is 9.53. The molecule has 3 atom stereocenters. The Morgan fingerprint density at radius 3 is 2.78 bits per heavy atom. The molecule has 4 rings (SSSR count). The zero-order chi connectivity index (χ0) is 19.1. The van der Waals surface area contributed by atoms with Gasteiger partial charge in [-0.3, -0.25) is 18.7 Å². The largest absolute Gasteiger partial charge is 0.466 e. The molecule has 0 aromatic carbocycles. The van der Waals surface area contributed by atoms with Gasteiger partial charge in [-0.05, 0) is 43.4 Å². The van der Waals surface area contributed by atoms with Crippen LogP contribution in [-0.2, 0) is 30.2 Å². The van der Waals surface area contributed by atoms with Crippen LogP contribution in [0.4, 0.5) is 0 Å². The molecule has 146 valence electrons. The van der Waals surface area contributed by atoms with Gasteiger partial charge in [0.2, 0.25) is 0 Å². The second kappa shape index (κ2) is 6.98. The minimum Gasteiger partial charge on any atom is -0.466 e. The molecule has 0 aliphatic heterocycles. The fraction of sp³-hybridized carbons (Fsp3) is 0.684. The fourth-order valence-corrected chi connectivity index (χ4v) is 4.90. The average molecular weight is 374 g/mol. The fourth-order valence-electron chi connectivity index (χ4n) is 4.90. The summed E-state index contributed by atoms with van der Waals surface area (Å²) in [5, 5.41) is 0. The van der Waals surface area contributed by atoms with Crippen LogP contribution < -0.4 is 11.2 Å². The van der Waals surface area contributed by atoms with Crippen LogP contribution in [-0.4, -0.2) is 31.3 Å². The molecule has 0 amide bonds. The highest BCUT2D eigenvalue weighted by molar-refractivity contribution is 5.70. The third kappa shape index (κ3) is 3.21. The van der Waals surface area contributed by atoms with Crippen molar-refractivity contribution in [3.63, 3.8) is 0 Å². The van der Waals surface area contributed by atoms with E-state index in [4.69, 9.17) is 4.74 Å². The number of imidazole rings is 1. The SMILES string of the molecule is Cn1cnc2c1c(=O)n(CCCOC(=O)CC1CC3CCC1C3)c(=O)n2C. The molecule has 2 fully saturated rings. The Morgan fingerprint density at radius 1 is 1.26 bits per heavy atom. The molecule has 0 N–H and O–H groups in total. The van der Waals surface area contributed by atoms with E-state index in [0.717, 1.165) is 12.3 Å².